The second kappa shape index (κ2) is 4.73. The van der Waals surface area contributed by atoms with Crippen LogP contribution in [0.25, 0.3) is 0 Å². The SMILES string of the molecule is CCN1CCC(O)(c2sccc2OC)CC1. The van der Waals surface area contributed by atoms with E-state index in [1.807, 2.05) is 11.4 Å². The van der Waals surface area contributed by atoms with E-state index < -0.39 is 5.60 Å². The van der Waals surface area contributed by atoms with Gasteiger partial charge in [-0.25, -0.2) is 0 Å². The summed E-state index contributed by atoms with van der Waals surface area (Å²) in [6, 6.07) is 1.93. The van der Waals surface area contributed by atoms with Crippen LogP contribution >= 0.6 is 11.3 Å². The van der Waals surface area contributed by atoms with Crippen LogP contribution in [0, 0.1) is 0 Å². The van der Waals surface area contributed by atoms with Crippen LogP contribution in [-0.4, -0.2) is 36.8 Å². The van der Waals surface area contributed by atoms with Crippen LogP contribution in [0.2, 0.25) is 0 Å². The summed E-state index contributed by atoms with van der Waals surface area (Å²) in [4.78, 5) is 3.36. The lowest BCUT2D eigenvalue weighted by Gasteiger charge is -2.37. The third kappa shape index (κ3) is 2.10. The highest BCUT2D eigenvalue weighted by atomic mass is 32.1. The summed E-state index contributed by atoms with van der Waals surface area (Å²) in [6.45, 7) is 5.16. The predicted octanol–water partition coefficient (Wildman–Crippen LogP) is 2.06. The fourth-order valence-corrected chi connectivity index (χ4v) is 3.28. The number of methoxy groups -OCH3 is 1. The van der Waals surface area contributed by atoms with E-state index in [4.69, 9.17) is 4.74 Å². The smallest absolute Gasteiger partial charge is 0.135 e. The van der Waals surface area contributed by atoms with Crippen LogP contribution in [-0.2, 0) is 5.60 Å². The van der Waals surface area contributed by atoms with Gasteiger partial charge in [0.2, 0.25) is 0 Å². The quantitative estimate of drug-likeness (QED) is 0.879. The van der Waals surface area contributed by atoms with Crippen LogP contribution in [0.3, 0.4) is 0 Å². The molecule has 4 heteroatoms. The van der Waals surface area contributed by atoms with E-state index in [0.717, 1.165) is 43.1 Å². The Morgan fingerprint density at radius 1 is 1.50 bits per heavy atom. The van der Waals surface area contributed by atoms with Gasteiger partial charge < -0.3 is 14.7 Å². The Labute approximate surface area is 101 Å². The van der Waals surface area contributed by atoms with E-state index >= 15 is 0 Å². The number of hydrogen-bond acceptors (Lipinski definition) is 4. The molecule has 3 nitrogen and oxygen atoms in total. The number of aliphatic hydroxyl groups is 1. The average molecular weight is 241 g/mol. The Kier molecular flexibility index (Phi) is 3.52. The van der Waals surface area contributed by atoms with Crippen LogP contribution in [0.1, 0.15) is 24.6 Å². The molecule has 0 aliphatic carbocycles. The van der Waals surface area contributed by atoms with Crippen molar-refractivity contribution < 1.29 is 9.84 Å². The van der Waals surface area contributed by atoms with E-state index in [0.29, 0.717) is 0 Å². The van der Waals surface area contributed by atoms with Gasteiger partial charge in [-0.3, -0.25) is 0 Å². The molecule has 1 N–H and O–H groups in total. The number of nitrogens with zero attached hydrogens (tertiary/aromatic N) is 1. The molecule has 1 aromatic rings. The molecule has 2 rings (SSSR count). The van der Waals surface area contributed by atoms with E-state index in [1.54, 1.807) is 18.4 Å². The molecule has 1 aliphatic rings. The first-order valence-electron chi connectivity index (χ1n) is 5.76. The highest BCUT2D eigenvalue weighted by Crippen LogP contribution is 2.41. The van der Waals surface area contributed by atoms with Crippen LogP contribution in [0.15, 0.2) is 11.4 Å². The van der Waals surface area contributed by atoms with Gasteiger partial charge in [0.15, 0.2) is 0 Å². The van der Waals surface area contributed by atoms with Crippen molar-refractivity contribution >= 4 is 11.3 Å². The third-order valence-corrected chi connectivity index (χ3v) is 4.49. The van der Waals surface area contributed by atoms with Crippen molar-refractivity contribution in [3.63, 3.8) is 0 Å². The van der Waals surface area contributed by atoms with Gasteiger partial charge in [-0.15, -0.1) is 11.3 Å². The third-order valence-electron chi connectivity index (χ3n) is 3.40. The molecule has 0 aromatic carbocycles. The van der Waals surface area contributed by atoms with E-state index in [9.17, 15) is 5.11 Å². The van der Waals surface area contributed by atoms with Gasteiger partial charge in [-0.1, -0.05) is 6.92 Å². The minimum atomic E-state index is -0.675. The second-order valence-corrected chi connectivity index (χ2v) is 5.20. The van der Waals surface area contributed by atoms with Gasteiger partial charge in [0.1, 0.15) is 11.4 Å². The molecule has 2 heterocycles. The molecule has 1 aliphatic heterocycles. The lowest BCUT2D eigenvalue weighted by Crippen LogP contribution is -2.42. The minimum absolute atomic E-state index is 0.675. The maximum Gasteiger partial charge on any atom is 0.135 e. The highest BCUT2D eigenvalue weighted by Gasteiger charge is 2.36. The lowest BCUT2D eigenvalue weighted by atomic mass is 9.89. The van der Waals surface area contributed by atoms with Crippen molar-refractivity contribution in [3.05, 3.63) is 16.3 Å². The minimum Gasteiger partial charge on any atom is -0.495 e. The molecule has 0 unspecified atom stereocenters. The van der Waals surface area contributed by atoms with Gasteiger partial charge in [-0.2, -0.15) is 0 Å². The van der Waals surface area contributed by atoms with Crippen LogP contribution in [0.4, 0.5) is 0 Å². The lowest BCUT2D eigenvalue weighted by molar-refractivity contribution is -0.0231. The summed E-state index contributed by atoms with van der Waals surface area (Å²) < 4.78 is 5.29. The van der Waals surface area contributed by atoms with E-state index in [1.165, 1.54) is 0 Å². The van der Waals surface area contributed by atoms with Gasteiger partial charge in [0.05, 0.1) is 12.0 Å². The Bertz CT molecular complexity index is 343. The maximum atomic E-state index is 10.7. The Morgan fingerprint density at radius 3 is 2.75 bits per heavy atom. The summed E-state index contributed by atoms with van der Waals surface area (Å²) in [7, 11) is 1.66. The fraction of sp³-hybridized carbons (Fsp3) is 0.667. The van der Waals surface area contributed by atoms with Crippen molar-refractivity contribution in [2.45, 2.75) is 25.4 Å². The molecular formula is C12H19NO2S. The first kappa shape index (κ1) is 11.9. The first-order chi connectivity index (χ1) is 7.69. The molecule has 0 bridgehead atoms. The molecule has 90 valence electrons. The summed E-state index contributed by atoms with van der Waals surface area (Å²) in [5, 5.41) is 12.6. The zero-order chi connectivity index (χ0) is 11.6. The zero-order valence-corrected chi connectivity index (χ0v) is 10.7. The number of likely N-dealkylation sites (tertiary alicyclic amines) is 1. The normalized spacial score (nSPS) is 20.9. The molecule has 0 amide bonds. The van der Waals surface area contributed by atoms with Crippen LogP contribution < -0.4 is 4.74 Å². The number of rotatable bonds is 3. The largest absolute Gasteiger partial charge is 0.495 e. The second-order valence-electron chi connectivity index (χ2n) is 4.28. The van der Waals surface area contributed by atoms with Crippen molar-refractivity contribution in [1.29, 1.82) is 0 Å². The molecule has 0 spiro atoms. The molecular weight excluding hydrogens is 222 g/mol. The number of ether oxygens (including phenoxy) is 1. The van der Waals surface area contributed by atoms with Crippen molar-refractivity contribution in [2.24, 2.45) is 0 Å². The van der Waals surface area contributed by atoms with Gasteiger partial charge in [-0.05, 0) is 30.8 Å². The fourth-order valence-electron chi connectivity index (χ4n) is 2.26. The van der Waals surface area contributed by atoms with Gasteiger partial charge >= 0.3 is 0 Å². The molecule has 0 saturated carbocycles. The molecule has 1 saturated heterocycles. The molecule has 0 radical (unpaired) electrons. The Morgan fingerprint density at radius 2 is 2.19 bits per heavy atom. The molecule has 1 fully saturated rings. The number of thiophene rings is 1. The van der Waals surface area contributed by atoms with Crippen molar-refractivity contribution in [1.82, 2.24) is 4.90 Å². The molecule has 1 aromatic heterocycles. The average Bonchev–Trinajstić information content (AvgIpc) is 2.79. The highest BCUT2D eigenvalue weighted by molar-refractivity contribution is 7.10. The summed E-state index contributed by atoms with van der Waals surface area (Å²) >= 11 is 1.59. The van der Waals surface area contributed by atoms with Crippen molar-refractivity contribution in [2.75, 3.05) is 26.7 Å². The maximum absolute atomic E-state index is 10.7. The van der Waals surface area contributed by atoms with E-state index in [2.05, 4.69) is 11.8 Å². The summed E-state index contributed by atoms with van der Waals surface area (Å²) in [5.41, 5.74) is -0.675. The van der Waals surface area contributed by atoms with Gasteiger partial charge in [0, 0.05) is 13.1 Å². The standard InChI is InChI=1S/C12H19NO2S/c1-3-13-7-5-12(14,6-8-13)11-10(15-2)4-9-16-11/h4,9,14H,3,5-8H2,1-2H3. The van der Waals surface area contributed by atoms with Crippen LogP contribution in [0.5, 0.6) is 5.75 Å². The predicted molar refractivity (Wildman–Crippen MR) is 66.1 cm³/mol. The molecule has 16 heavy (non-hydrogen) atoms. The van der Waals surface area contributed by atoms with E-state index in [-0.39, 0.29) is 0 Å². The number of piperidine rings is 1. The Hall–Kier alpha value is -0.580. The monoisotopic (exact) mass is 241 g/mol. The Balaban J connectivity index is 2.14. The topological polar surface area (TPSA) is 32.7 Å². The zero-order valence-electron chi connectivity index (χ0n) is 9.90. The van der Waals surface area contributed by atoms with Gasteiger partial charge in [0.25, 0.3) is 0 Å². The summed E-state index contributed by atoms with van der Waals surface area (Å²) in [5.74, 6) is 0.831. The summed E-state index contributed by atoms with van der Waals surface area (Å²) in [6.07, 6.45) is 1.61. The van der Waals surface area contributed by atoms with Crippen molar-refractivity contribution in [3.8, 4) is 5.75 Å². The number of hydrogen-bond donors (Lipinski definition) is 1. The molecule has 0 atom stereocenters. The first-order valence-corrected chi connectivity index (χ1v) is 6.64.